The van der Waals surface area contributed by atoms with Gasteiger partial charge in [0.1, 0.15) is 18.1 Å². The number of unbranched alkanes of at least 4 members (excludes halogenated alkanes) is 3. The molecule has 25 heteroatoms. The summed E-state index contributed by atoms with van der Waals surface area (Å²) in [5.74, 6) is 2.92. The van der Waals surface area contributed by atoms with Crippen LogP contribution in [0.3, 0.4) is 0 Å². The highest BCUT2D eigenvalue weighted by Gasteiger charge is 2.25. The maximum atomic E-state index is 13.1. The summed E-state index contributed by atoms with van der Waals surface area (Å²) >= 11 is 0. The van der Waals surface area contributed by atoms with Crippen LogP contribution >= 0.6 is 0 Å². The number of hydrogen-bond acceptors (Lipinski definition) is 25. The van der Waals surface area contributed by atoms with Crippen molar-refractivity contribution in [2.75, 3.05) is 0 Å². The molecule has 0 saturated carbocycles. The number of carbonyl (C=O) groups is 1. The summed E-state index contributed by atoms with van der Waals surface area (Å²) < 4.78 is 12.0. The number of aryl methyl sites for hydroxylation is 3. The number of carbonyl (C=O) groups excluding carboxylic acids is 1. The Kier molecular flexibility index (Phi) is 25.4. The van der Waals surface area contributed by atoms with Crippen LogP contribution in [0.5, 0.6) is 11.5 Å². The molecule has 714 valence electrons. The van der Waals surface area contributed by atoms with E-state index in [-0.39, 0.29) is 0 Å². The fraction of sp³-hybridized carbons (Fsp3) is 0.105. The van der Waals surface area contributed by atoms with Gasteiger partial charge in [-0.2, -0.15) is 0 Å². The Morgan fingerprint density at radius 3 is 0.705 bits per heavy atom. The highest BCUT2D eigenvalue weighted by atomic mass is 16.5. The summed E-state index contributed by atoms with van der Waals surface area (Å²) in [7, 11) is 0. The molecule has 0 fully saturated rings. The average molecular weight is 1940 g/mol. The average Bonchev–Trinajstić information content (AvgIpc) is 0.777. The lowest BCUT2D eigenvalue weighted by Gasteiger charge is -2.12. The molecule has 149 heavy (non-hydrogen) atoms. The van der Waals surface area contributed by atoms with Gasteiger partial charge < -0.3 is 9.47 Å². The Morgan fingerprint density at radius 2 is 0.443 bits per heavy atom. The van der Waals surface area contributed by atoms with Gasteiger partial charge in [-0.05, 0) is 297 Å². The zero-order valence-electron chi connectivity index (χ0n) is 81.4. The summed E-state index contributed by atoms with van der Waals surface area (Å²) in [6.45, 7) is 7.03. The van der Waals surface area contributed by atoms with Crippen LogP contribution in [0.15, 0.2) is 370 Å². The number of rotatable bonds is 29. The molecule has 0 spiro atoms. The number of nitrogens with zero attached hydrogens (tertiary/aromatic N) is 22. The van der Waals surface area contributed by atoms with Gasteiger partial charge >= 0.3 is 5.97 Å². The van der Waals surface area contributed by atoms with Gasteiger partial charge in [0.2, 0.25) is 0 Å². The van der Waals surface area contributed by atoms with E-state index >= 15 is 0 Å². The first-order chi connectivity index (χ1) is 73.4. The smallest absolute Gasteiger partial charge is 0.343 e. The Bertz CT molecular complexity index is 9100. The molecule has 0 saturated heterocycles. The Morgan fingerprint density at radius 1 is 0.208 bits per heavy atom. The predicted octanol–water partition coefficient (Wildman–Crippen LogP) is 27.1. The van der Waals surface area contributed by atoms with E-state index in [2.05, 4.69) is 104 Å². The number of aromatic nitrogens is 22. The van der Waals surface area contributed by atoms with Crippen molar-refractivity contribution >= 4 is 72.2 Å². The van der Waals surface area contributed by atoms with Crippen LogP contribution in [-0.4, -0.2) is 116 Å². The molecule has 24 rings (SSSR count). The number of hydrogen-bond donors (Lipinski definition) is 0. The molecule has 17 aromatic heterocycles. The summed E-state index contributed by atoms with van der Waals surface area (Å²) in [5, 5.41) is 4.98. The first-order valence-corrected chi connectivity index (χ1v) is 49.9. The SMILES string of the molecule is CCCCc1ccc(-c2nc(-c3ccc4ccc(-c5cc(-c6ccc7cccnc7n6)nc(-c6ccc(OCc7ccccc7)cc6)n5)nc4n3)cc(-c3ccc4ccc(-c5cc(-c6ccc7ccc(-c8cc(-c9ccc%10ccc(-c%11cc(-c%12ccc%13cccnc%13n%12)nc(-c%12ccc(OC(=O)c%13ccccc%13)cc%12)n%11)nc%10n9)nc(-c9ccc(CCCC)cc9)n8)nc7n6)nc(-c6ccc(CCCC)cc6)n5)nc4n3)n2)cc1. The van der Waals surface area contributed by atoms with Crippen molar-refractivity contribution in [1.82, 2.24) is 110 Å². The standard InChI is InChI=1S/C124H90N22O3/c1-4-7-18-75-27-33-81(34-28-75)119-139-107(97-61-47-86-45-59-95(129-115(86)131-97)105-69-103(93-57-43-79-25-16-67-125-113(79)127-93)137-122(145-105)84-39-53-91(54-40-84)148-74-78-21-12-10-13-22-78)71-109(141-119)99-63-49-88-51-65-101(135-117(88)133-99)111-73-112(144-121(143-111)83-37-31-77(32-38-83)20-9-6-3)102-66-52-89-50-64-100(134-118(89)136-102)110-72-108(140-120(142-110)82-35-29-76(30-36-82)19-8-5-2)98-62-48-87-46-60-96(130-116(87)132-98)106-70-104(94-58-44-80-26-17-68-126-114(80)128-94)138-123(146-106)85-41-55-92(56-42-85)149-124(147)90-23-14-11-15-24-90/h10-17,21-73H,4-9,18-20,74H2,1-3H3. The van der Waals surface area contributed by atoms with Crippen molar-refractivity contribution in [3.8, 4) is 182 Å². The summed E-state index contributed by atoms with van der Waals surface area (Å²) in [6.07, 6.45) is 12.7. The van der Waals surface area contributed by atoms with Crippen molar-refractivity contribution in [2.24, 2.45) is 0 Å². The molecule has 24 aromatic rings. The van der Waals surface area contributed by atoms with E-state index in [1.807, 2.05) is 249 Å². The minimum atomic E-state index is -0.471. The Labute approximate surface area is 856 Å². The van der Waals surface area contributed by atoms with Gasteiger partial charge in [0.25, 0.3) is 0 Å². The molecule has 0 amide bonds. The minimum absolute atomic E-state index is 0.365. The highest BCUT2D eigenvalue weighted by molar-refractivity contribution is 5.92. The van der Waals surface area contributed by atoms with Crippen LogP contribution in [0, 0.1) is 0 Å². The van der Waals surface area contributed by atoms with Gasteiger partial charge in [-0.1, -0.05) is 161 Å². The van der Waals surface area contributed by atoms with Crippen LogP contribution < -0.4 is 9.47 Å². The number of fused-ring (bicyclic) bond motifs is 6. The van der Waals surface area contributed by atoms with Crippen molar-refractivity contribution in [2.45, 2.75) is 85.2 Å². The van der Waals surface area contributed by atoms with Crippen LogP contribution in [0.1, 0.15) is 91.9 Å². The van der Waals surface area contributed by atoms with E-state index < -0.39 is 5.97 Å². The lowest BCUT2D eigenvalue weighted by Crippen LogP contribution is -2.08. The maximum absolute atomic E-state index is 13.1. The first kappa shape index (κ1) is 92.0. The van der Waals surface area contributed by atoms with Gasteiger partial charge in [-0.25, -0.2) is 114 Å². The van der Waals surface area contributed by atoms with Gasteiger partial charge in [0.05, 0.1) is 119 Å². The van der Waals surface area contributed by atoms with Crippen molar-refractivity contribution in [3.05, 3.63) is 398 Å². The maximum Gasteiger partial charge on any atom is 0.343 e. The number of ether oxygens (including phenoxy) is 2. The van der Waals surface area contributed by atoms with Crippen LogP contribution in [0.2, 0.25) is 0 Å². The molecule has 0 aliphatic heterocycles. The third kappa shape index (κ3) is 20.2. The topological polar surface area (TPSA) is 319 Å². The van der Waals surface area contributed by atoms with Crippen LogP contribution in [0.25, 0.3) is 237 Å². The summed E-state index contributed by atoms with van der Waals surface area (Å²) in [6, 6.07) is 116. The predicted molar refractivity (Wildman–Crippen MR) is 583 cm³/mol. The number of benzene rings is 7. The van der Waals surface area contributed by atoms with Crippen molar-refractivity contribution in [3.63, 3.8) is 0 Å². The molecule has 25 nitrogen and oxygen atoms in total. The molecule has 0 N–H and O–H groups in total. The monoisotopic (exact) mass is 1930 g/mol. The zero-order valence-corrected chi connectivity index (χ0v) is 81.4. The molecule has 0 atom stereocenters. The normalized spacial score (nSPS) is 11.5. The number of pyridine rings is 12. The van der Waals surface area contributed by atoms with Gasteiger partial charge in [-0.3, -0.25) is 0 Å². The highest BCUT2D eigenvalue weighted by Crippen LogP contribution is 2.39. The van der Waals surface area contributed by atoms with Gasteiger partial charge in [-0.15, -0.1) is 0 Å². The second-order valence-corrected chi connectivity index (χ2v) is 36.5. The Hall–Kier alpha value is -19.4. The Balaban J connectivity index is 0.570. The fourth-order valence-electron chi connectivity index (χ4n) is 18.0. The van der Waals surface area contributed by atoms with Crippen LogP contribution in [-0.2, 0) is 25.9 Å². The molecule has 0 unspecified atom stereocenters. The first-order valence-electron chi connectivity index (χ1n) is 49.9. The second-order valence-electron chi connectivity index (χ2n) is 36.5. The molecule has 0 aliphatic carbocycles. The number of esters is 1. The third-order valence-corrected chi connectivity index (χ3v) is 26.2. The second kappa shape index (κ2) is 41.1. The summed E-state index contributed by atoms with van der Waals surface area (Å²) in [5.41, 5.74) is 23.2. The molecular formula is C124H90N22O3. The van der Waals surface area contributed by atoms with E-state index in [0.717, 1.165) is 118 Å². The molecular weight excluding hydrogens is 1850 g/mol. The zero-order chi connectivity index (χ0) is 100. The molecule has 17 heterocycles. The molecule has 0 bridgehead atoms. The lowest BCUT2D eigenvalue weighted by molar-refractivity contribution is 0.0734. The van der Waals surface area contributed by atoms with Crippen molar-refractivity contribution < 1.29 is 14.3 Å². The summed E-state index contributed by atoms with van der Waals surface area (Å²) in [4.78, 5) is 127. The quantitative estimate of drug-likeness (QED) is 0.0310. The molecule has 0 aliphatic rings. The van der Waals surface area contributed by atoms with E-state index in [4.69, 9.17) is 109 Å². The fourth-order valence-corrected chi connectivity index (χ4v) is 18.0. The van der Waals surface area contributed by atoms with E-state index in [1.165, 1.54) is 16.7 Å². The van der Waals surface area contributed by atoms with E-state index in [9.17, 15) is 4.79 Å². The van der Waals surface area contributed by atoms with Gasteiger partial charge in [0, 0.05) is 72.5 Å². The van der Waals surface area contributed by atoms with E-state index in [1.54, 1.807) is 48.8 Å². The largest absolute Gasteiger partial charge is 0.489 e. The van der Waals surface area contributed by atoms with Gasteiger partial charge in [0.15, 0.2) is 63.0 Å². The third-order valence-electron chi connectivity index (χ3n) is 26.2. The van der Waals surface area contributed by atoms with Crippen molar-refractivity contribution in [1.29, 1.82) is 0 Å². The molecule has 7 aromatic carbocycles. The minimum Gasteiger partial charge on any atom is -0.489 e. The lowest BCUT2D eigenvalue weighted by atomic mass is 10.1. The van der Waals surface area contributed by atoms with E-state index in [0.29, 0.717) is 206 Å². The molecule has 0 radical (unpaired) electrons. The van der Waals surface area contributed by atoms with Crippen LogP contribution in [0.4, 0.5) is 0 Å².